The molecule has 0 unspecified atom stereocenters. The van der Waals surface area contributed by atoms with E-state index in [1.165, 1.54) is 5.56 Å². The van der Waals surface area contributed by atoms with Crippen LogP contribution in [0.5, 0.6) is 0 Å². The molecule has 1 aliphatic heterocycles. The largest absolute Gasteiger partial charge is 0.378 e. The van der Waals surface area contributed by atoms with Crippen molar-refractivity contribution >= 4 is 0 Å². The van der Waals surface area contributed by atoms with Crippen LogP contribution in [0.25, 0.3) is 0 Å². The first-order valence-electron chi connectivity index (χ1n) is 6.73. The molecule has 18 heavy (non-hydrogen) atoms. The molecule has 0 aliphatic carbocycles. The molecule has 1 heterocycles. The van der Waals surface area contributed by atoms with Gasteiger partial charge in [0.05, 0.1) is 32.0 Å². The summed E-state index contributed by atoms with van der Waals surface area (Å²) in [5.74, 6) is 0. The molecule has 0 radical (unpaired) electrons. The Balaban J connectivity index is 1.91. The second kappa shape index (κ2) is 6.88. The Labute approximate surface area is 110 Å². The third-order valence-corrected chi connectivity index (χ3v) is 3.20. The average molecular weight is 249 g/mol. The van der Waals surface area contributed by atoms with Crippen molar-refractivity contribution in [2.75, 3.05) is 26.4 Å². The number of hydrogen-bond donors (Lipinski definition) is 0. The summed E-state index contributed by atoms with van der Waals surface area (Å²) in [4.78, 5) is 2.46. The zero-order valence-electron chi connectivity index (χ0n) is 11.3. The second-order valence-corrected chi connectivity index (χ2v) is 5.07. The van der Waals surface area contributed by atoms with E-state index in [0.717, 1.165) is 32.9 Å². The summed E-state index contributed by atoms with van der Waals surface area (Å²) in [6.45, 7) is 8.48. The van der Waals surface area contributed by atoms with E-state index >= 15 is 0 Å². The molecule has 1 saturated heterocycles. The molecule has 0 aromatic heterocycles. The predicted octanol–water partition coefficient (Wildman–Crippen LogP) is 2.31. The summed E-state index contributed by atoms with van der Waals surface area (Å²) in [7, 11) is 0. The van der Waals surface area contributed by atoms with E-state index in [1.807, 2.05) is 0 Å². The number of nitrogens with zero attached hydrogens (tertiary/aromatic N) is 1. The molecule has 2 rings (SSSR count). The van der Waals surface area contributed by atoms with Crippen LogP contribution in [0.1, 0.15) is 19.4 Å². The number of rotatable bonds is 5. The maximum atomic E-state index is 5.73. The van der Waals surface area contributed by atoms with E-state index in [2.05, 4.69) is 49.1 Å². The van der Waals surface area contributed by atoms with Gasteiger partial charge in [0.1, 0.15) is 0 Å². The SMILES string of the molecule is CC(C)OC[C@@H]1COCCN1Cc1ccccc1. The van der Waals surface area contributed by atoms with Gasteiger partial charge in [-0.05, 0) is 19.4 Å². The molecule has 3 heteroatoms. The fourth-order valence-electron chi connectivity index (χ4n) is 2.17. The monoisotopic (exact) mass is 249 g/mol. The van der Waals surface area contributed by atoms with Gasteiger partial charge in [0.15, 0.2) is 0 Å². The van der Waals surface area contributed by atoms with Crippen LogP contribution in [0.3, 0.4) is 0 Å². The van der Waals surface area contributed by atoms with Crippen molar-refractivity contribution in [1.29, 1.82) is 0 Å². The lowest BCUT2D eigenvalue weighted by molar-refractivity contribution is -0.0570. The van der Waals surface area contributed by atoms with E-state index in [4.69, 9.17) is 9.47 Å². The maximum absolute atomic E-state index is 5.73. The summed E-state index contributed by atoms with van der Waals surface area (Å²) in [5, 5.41) is 0. The van der Waals surface area contributed by atoms with Gasteiger partial charge >= 0.3 is 0 Å². The summed E-state index contributed by atoms with van der Waals surface area (Å²) < 4.78 is 11.3. The molecular formula is C15H23NO2. The van der Waals surface area contributed by atoms with Crippen molar-refractivity contribution in [2.45, 2.75) is 32.5 Å². The third-order valence-electron chi connectivity index (χ3n) is 3.20. The van der Waals surface area contributed by atoms with Crippen LogP contribution in [0.2, 0.25) is 0 Å². The van der Waals surface area contributed by atoms with Crippen molar-refractivity contribution in [3.05, 3.63) is 35.9 Å². The molecular weight excluding hydrogens is 226 g/mol. The third kappa shape index (κ3) is 4.09. The number of morpholine rings is 1. The first-order valence-corrected chi connectivity index (χ1v) is 6.73. The Hall–Kier alpha value is -0.900. The lowest BCUT2D eigenvalue weighted by Crippen LogP contribution is -2.47. The number of hydrogen-bond acceptors (Lipinski definition) is 3. The van der Waals surface area contributed by atoms with E-state index in [-0.39, 0.29) is 6.10 Å². The summed E-state index contributed by atoms with van der Waals surface area (Å²) in [6, 6.07) is 11.0. The predicted molar refractivity (Wildman–Crippen MR) is 72.5 cm³/mol. The van der Waals surface area contributed by atoms with Gasteiger partial charge in [0.2, 0.25) is 0 Å². The normalized spacial score (nSPS) is 21.4. The van der Waals surface area contributed by atoms with Crippen LogP contribution in [0.15, 0.2) is 30.3 Å². The first kappa shape index (κ1) is 13.5. The molecule has 0 saturated carbocycles. The average Bonchev–Trinajstić information content (AvgIpc) is 2.39. The topological polar surface area (TPSA) is 21.7 Å². The van der Waals surface area contributed by atoms with Crippen molar-refractivity contribution in [1.82, 2.24) is 4.90 Å². The highest BCUT2D eigenvalue weighted by Crippen LogP contribution is 2.13. The van der Waals surface area contributed by atoms with Gasteiger partial charge in [-0.2, -0.15) is 0 Å². The Morgan fingerprint density at radius 3 is 2.83 bits per heavy atom. The smallest absolute Gasteiger partial charge is 0.0647 e. The zero-order valence-corrected chi connectivity index (χ0v) is 11.3. The molecule has 0 spiro atoms. The Morgan fingerprint density at radius 1 is 1.33 bits per heavy atom. The van der Waals surface area contributed by atoms with Gasteiger partial charge in [-0.3, -0.25) is 4.90 Å². The van der Waals surface area contributed by atoms with Gasteiger partial charge in [0, 0.05) is 13.1 Å². The summed E-state index contributed by atoms with van der Waals surface area (Å²) in [5.41, 5.74) is 1.36. The lowest BCUT2D eigenvalue weighted by Gasteiger charge is -2.35. The Morgan fingerprint density at radius 2 is 2.11 bits per heavy atom. The van der Waals surface area contributed by atoms with Crippen LogP contribution < -0.4 is 0 Å². The number of benzene rings is 1. The van der Waals surface area contributed by atoms with Gasteiger partial charge in [0.25, 0.3) is 0 Å². The van der Waals surface area contributed by atoms with Gasteiger partial charge in [-0.1, -0.05) is 30.3 Å². The maximum Gasteiger partial charge on any atom is 0.0647 e. The standard InChI is InChI=1S/C15H23NO2/c1-13(2)18-12-15-11-17-9-8-16(15)10-14-6-4-3-5-7-14/h3-7,13,15H,8-12H2,1-2H3/t15-/m0/s1. The molecule has 100 valence electrons. The van der Waals surface area contributed by atoms with Crippen molar-refractivity contribution in [2.24, 2.45) is 0 Å². The Kier molecular flexibility index (Phi) is 5.17. The highest BCUT2D eigenvalue weighted by Gasteiger charge is 2.23. The van der Waals surface area contributed by atoms with Crippen molar-refractivity contribution in [3.8, 4) is 0 Å². The second-order valence-electron chi connectivity index (χ2n) is 5.07. The molecule has 0 N–H and O–H groups in total. The van der Waals surface area contributed by atoms with E-state index in [0.29, 0.717) is 6.04 Å². The van der Waals surface area contributed by atoms with Crippen LogP contribution >= 0.6 is 0 Å². The van der Waals surface area contributed by atoms with Crippen LogP contribution in [-0.2, 0) is 16.0 Å². The molecule has 1 aromatic rings. The first-order chi connectivity index (χ1) is 8.75. The van der Waals surface area contributed by atoms with Crippen molar-refractivity contribution in [3.63, 3.8) is 0 Å². The van der Waals surface area contributed by atoms with Gasteiger partial charge < -0.3 is 9.47 Å². The fourth-order valence-corrected chi connectivity index (χ4v) is 2.17. The Bertz CT molecular complexity index is 340. The number of ether oxygens (including phenoxy) is 2. The molecule has 1 aliphatic rings. The van der Waals surface area contributed by atoms with E-state index in [1.54, 1.807) is 0 Å². The molecule has 0 amide bonds. The minimum Gasteiger partial charge on any atom is -0.378 e. The van der Waals surface area contributed by atoms with Crippen molar-refractivity contribution < 1.29 is 9.47 Å². The summed E-state index contributed by atoms with van der Waals surface area (Å²) >= 11 is 0. The van der Waals surface area contributed by atoms with Crippen LogP contribution in [-0.4, -0.2) is 43.4 Å². The quantitative estimate of drug-likeness (QED) is 0.799. The van der Waals surface area contributed by atoms with Gasteiger partial charge in [-0.25, -0.2) is 0 Å². The minimum absolute atomic E-state index is 0.283. The highest BCUT2D eigenvalue weighted by molar-refractivity contribution is 5.14. The molecule has 0 bridgehead atoms. The minimum atomic E-state index is 0.283. The zero-order chi connectivity index (χ0) is 12.8. The molecule has 3 nitrogen and oxygen atoms in total. The lowest BCUT2D eigenvalue weighted by atomic mass is 10.1. The fraction of sp³-hybridized carbons (Fsp3) is 0.600. The molecule has 1 aromatic carbocycles. The van der Waals surface area contributed by atoms with Crippen LogP contribution in [0.4, 0.5) is 0 Å². The highest BCUT2D eigenvalue weighted by atomic mass is 16.5. The molecule has 1 atom stereocenters. The van der Waals surface area contributed by atoms with E-state index in [9.17, 15) is 0 Å². The molecule has 1 fully saturated rings. The summed E-state index contributed by atoms with van der Waals surface area (Å²) in [6.07, 6.45) is 0.283. The van der Waals surface area contributed by atoms with E-state index < -0.39 is 0 Å². The van der Waals surface area contributed by atoms with Gasteiger partial charge in [-0.15, -0.1) is 0 Å². The van der Waals surface area contributed by atoms with Crippen LogP contribution in [0, 0.1) is 0 Å².